The van der Waals surface area contributed by atoms with E-state index in [0.29, 0.717) is 5.92 Å². The summed E-state index contributed by atoms with van der Waals surface area (Å²) < 4.78 is 0. The summed E-state index contributed by atoms with van der Waals surface area (Å²) in [5, 5.41) is 32.1. The van der Waals surface area contributed by atoms with Gasteiger partial charge in [0, 0.05) is 10.8 Å². The minimum Gasteiger partial charge on any atom is -0.508 e. The van der Waals surface area contributed by atoms with Crippen molar-refractivity contribution in [1.29, 1.82) is 0 Å². The average molecular weight is 284 g/mol. The smallest absolute Gasteiger partial charge is 0.123 e. The van der Waals surface area contributed by atoms with Gasteiger partial charge in [0.2, 0.25) is 0 Å². The van der Waals surface area contributed by atoms with E-state index in [1.807, 2.05) is 12.1 Å². The van der Waals surface area contributed by atoms with Crippen LogP contribution in [-0.2, 0) is 6.42 Å². The number of hydrogen-bond donors (Lipinski definition) is 3. The molecule has 0 bridgehead atoms. The Morgan fingerprint density at radius 1 is 1.10 bits per heavy atom. The van der Waals surface area contributed by atoms with Crippen molar-refractivity contribution in [3.05, 3.63) is 35.4 Å². The normalized spacial score (nSPS) is 31.1. The number of hydrogen-bond acceptors (Lipinski definition) is 3. The fourth-order valence-corrected chi connectivity index (χ4v) is 4.53. The zero-order chi connectivity index (χ0) is 14.8. The van der Waals surface area contributed by atoms with Crippen LogP contribution in [0.1, 0.15) is 43.2 Å². The average Bonchev–Trinajstić information content (AvgIpc) is 2.76. The Hall–Kier alpha value is -1.74. The third kappa shape index (κ3) is 1.64. The largest absolute Gasteiger partial charge is 0.508 e. The first-order valence-electron chi connectivity index (χ1n) is 7.66. The summed E-state index contributed by atoms with van der Waals surface area (Å²) in [5.41, 5.74) is 2.40. The molecule has 4 rings (SSSR count). The minimum atomic E-state index is -0.242. The molecular formula is C18H20O3. The topological polar surface area (TPSA) is 60.7 Å². The van der Waals surface area contributed by atoms with Crippen LogP contribution in [0.5, 0.6) is 11.5 Å². The highest BCUT2D eigenvalue weighted by atomic mass is 16.3. The van der Waals surface area contributed by atoms with Crippen molar-refractivity contribution < 1.29 is 15.3 Å². The lowest BCUT2D eigenvalue weighted by Gasteiger charge is -2.40. The van der Waals surface area contributed by atoms with Crippen LogP contribution in [0.4, 0.5) is 0 Å². The summed E-state index contributed by atoms with van der Waals surface area (Å²) in [7, 11) is 0. The highest BCUT2D eigenvalue weighted by Gasteiger charge is 2.49. The summed E-state index contributed by atoms with van der Waals surface area (Å²) >= 11 is 0. The van der Waals surface area contributed by atoms with E-state index in [2.05, 4.69) is 6.92 Å². The van der Waals surface area contributed by atoms with Crippen molar-refractivity contribution in [2.24, 2.45) is 5.41 Å². The predicted molar refractivity (Wildman–Crippen MR) is 81.7 cm³/mol. The fraction of sp³-hybridized carbons (Fsp3) is 0.444. The molecule has 0 spiro atoms. The van der Waals surface area contributed by atoms with E-state index in [4.69, 9.17) is 0 Å². The van der Waals surface area contributed by atoms with Crippen molar-refractivity contribution in [3.63, 3.8) is 0 Å². The molecule has 0 radical (unpaired) electrons. The highest BCUT2D eigenvalue weighted by Crippen LogP contribution is 2.57. The van der Waals surface area contributed by atoms with Gasteiger partial charge in [-0.05, 0) is 66.3 Å². The van der Waals surface area contributed by atoms with Crippen LogP contribution in [0.15, 0.2) is 24.3 Å². The molecule has 2 aromatic rings. The van der Waals surface area contributed by atoms with Crippen LogP contribution < -0.4 is 0 Å². The molecule has 0 aliphatic heterocycles. The van der Waals surface area contributed by atoms with Crippen LogP contribution >= 0.6 is 0 Å². The molecule has 3 atom stereocenters. The maximum Gasteiger partial charge on any atom is 0.123 e. The molecule has 2 aliphatic rings. The van der Waals surface area contributed by atoms with E-state index >= 15 is 0 Å². The molecule has 0 aromatic heterocycles. The number of aromatic hydroxyl groups is 2. The number of aliphatic hydroxyl groups is 1. The Labute approximate surface area is 123 Å². The minimum absolute atomic E-state index is 0.0654. The number of rotatable bonds is 0. The summed E-state index contributed by atoms with van der Waals surface area (Å²) in [5.74, 6) is 0.723. The lowest BCUT2D eigenvalue weighted by Crippen LogP contribution is -2.35. The van der Waals surface area contributed by atoms with E-state index in [-0.39, 0.29) is 23.0 Å². The summed E-state index contributed by atoms with van der Waals surface area (Å²) in [6.07, 6.45) is 3.48. The van der Waals surface area contributed by atoms with Crippen LogP contribution in [0.25, 0.3) is 10.8 Å². The van der Waals surface area contributed by atoms with Gasteiger partial charge in [0.15, 0.2) is 0 Å². The van der Waals surface area contributed by atoms with Gasteiger partial charge in [-0.2, -0.15) is 0 Å². The van der Waals surface area contributed by atoms with E-state index in [9.17, 15) is 15.3 Å². The molecule has 1 fully saturated rings. The number of phenolic OH excluding ortho intramolecular Hbond substituents is 2. The van der Waals surface area contributed by atoms with E-state index in [1.54, 1.807) is 12.1 Å². The zero-order valence-corrected chi connectivity index (χ0v) is 12.1. The Morgan fingerprint density at radius 2 is 1.90 bits per heavy atom. The third-order valence-corrected chi connectivity index (χ3v) is 5.82. The van der Waals surface area contributed by atoms with Gasteiger partial charge in [0.25, 0.3) is 0 Å². The zero-order valence-electron chi connectivity index (χ0n) is 12.1. The quantitative estimate of drug-likeness (QED) is 0.694. The molecule has 0 saturated heterocycles. The standard InChI is InChI=1S/C18H20O3/c1-18-7-6-12-11-3-2-10(19)8-14(11)16(20)9-13(12)15(18)4-5-17(18)21/h2-3,8-9,15,17,19-21H,4-7H2,1H3/t15-,17-,18-/m0/s1. The first-order valence-corrected chi connectivity index (χ1v) is 7.66. The van der Waals surface area contributed by atoms with Gasteiger partial charge in [-0.15, -0.1) is 0 Å². The molecule has 3 N–H and O–H groups in total. The van der Waals surface area contributed by atoms with Crippen LogP contribution in [0.2, 0.25) is 0 Å². The lowest BCUT2D eigenvalue weighted by molar-refractivity contribution is 0.0458. The van der Waals surface area contributed by atoms with E-state index in [0.717, 1.165) is 36.5 Å². The van der Waals surface area contributed by atoms with Gasteiger partial charge in [-0.1, -0.05) is 13.0 Å². The number of aryl methyl sites for hydroxylation is 1. The van der Waals surface area contributed by atoms with Crippen LogP contribution in [-0.4, -0.2) is 21.4 Å². The number of fused-ring (bicyclic) bond motifs is 5. The summed E-state index contributed by atoms with van der Waals surface area (Å²) in [4.78, 5) is 0. The number of benzene rings is 2. The second-order valence-corrected chi connectivity index (χ2v) is 6.84. The number of aliphatic hydroxyl groups excluding tert-OH is 1. The fourth-order valence-electron chi connectivity index (χ4n) is 4.53. The Bertz CT molecular complexity index is 737. The molecule has 0 amide bonds. The molecular weight excluding hydrogens is 264 g/mol. The molecule has 0 heterocycles. The van der Waals surface area contributed by atoms with Crippen molar-refractivity contribution in [2.75, 3.05) is 0 Å². The van der Waals surface area contributed by atoms with Gasteiger partial charge in [-0.3, -0.25) is 0 Å². The SMILES string of the molecule is C[C@]12CCc3c(cc(O)c4cc(O)ccc34)[C@@H]1CC[C@@H]2O. The van der Waals surface area contributed by atoms with Crippen molar-refractivity contribution in [3.8, 4) is 11.5 Å². The molecule has 2 aliphatic carbocycles. The first kappa shape index (κ1) is 13.0. The maximum absolute atomic E-state index is 10.3. The predicted octanol–water partition coefficient (Wildman–Crippen LogP) is 3.44. The maximum atomic E-state index is 10.3. The molecule has 0 unspecified atom stereocenters. The van der Waals surface area contributed by atoms with Crippen LogP contribution in [0, 0.1) is 5.41 Å². The molecule has 1 saturated carbocycles. The summed E-state index contributed by atoms with van der Waals surface area (Å²) in [6.45, 7) is 2.18. The Kier molecular flexibility index (Phi) is 2.55. The van der Waals surface area contributed by atoms with Gasteiger partial charge in [0.1, 0.15) is 11.5 Å². The molecule has 3 heteroatoms. The molecule has 110 valence electrons. The van der Waals surface area contributed by atoms with Crippen LogP contribution in [0.3, 0.4) is 0 Å². The van der Waals surface area contributed by atoms with E-state index < -0.39 is 0 Å². The summed E-state index contributed by atoms with van der Waals surface area (Å²) in [6, 6.07) is 7.07. The Balaban J connectivity index is 1.98. The molecule has 21 heavy (non-hydrogen) atoms. The molecule has 3 nitrogen and oxygen atoms in total. The molecule has 2 aromatic carbocycles. The second-order valence-electron chi connectivity index (χ2n) is 6.84. The van der Waals surface area contributed by atoms with Gasteiger partial charge in [-0.25, -0.2) is 0 Å². The van der Waals surface area contributed by atoms with Gasteiger partial charge in [0.05, 0.1) is 6.10 Å². The van der Waals surface area contributed by atoms with Crippen molar-refractivity contribution in [2.45, 2.75) is 44.6 Å². The third-order valence-electron chi connectivity index (χ3n) is 5.82. The monoisotopic (exact) mass is 284 g/mol. The Morgan fingerprint density at radius 3 is 2.71 bits per heavy atom. The van der Waals surface area contributed by atoms with Gasteiger partial charge >= 0.3 is 0 Å². The van der Waals surface area contributed by atoms with Crippen molar-refractivity contribution >= 4 is 10.8 Å². The first-order chi connectivity index (χ1) is 10.0. The van der Waals surface area contributed by atoms with E-state index in [1.165, 1.54) is 11.1 Å². The lowest BCUT2D eigenvalue weighted by atomic mass is 9.65. The number of phenols is 2. The second kappa shape index (κ2) is 4.14. The van der Waals surface area contributed by atoms with Gasteiger partial charge < -0.3 is 15.3 Å². The van der Waals surface area contributed by atoms with Crippen molar-refractivity contribution in [1.82, 2.24) is 0 Å². The highest BCUT2D eigenvalue weighted by molar-refractivity contribution is 5.93.